The van der Waals surface area contributed by atoms with Crippen molar-refractivity contribution in [2.24, 2.45) is 0 Å². The van der Waals surface area contributed by atoms with Crippen LogP contribution in [0.3, 0.4) is 0 Å². The van der Waals surface area contributed by atoms with E-state index in [1.54, 1.807) is 13.3 Å². The molecule has 0 saturated heterocycles. The van der Waals surface area contributed by atoms with E-state index in [0.717, 1.165) is 6.54 Å². The Morgan fingerprint density at radius 3 is 2.94 bits per heavy atom. The summed E-state index contributed by atoms with van der Waals surface area (Å²) in [7, 11) is 1.60. The molecule has 100 valence electrons. The lowest BCUT2D eigenvalue weighted by molar-refractivity contribution is -0.386. The molecular weight excluding hydrogens is 302 g/mol. The molecule has 1 heterocycles. The molecule has 0 fully saturated rings. The molecule has 1 atom stereocenters. The lowest BCUT2D eigenvalue weighted by atomic mass is 10.1. The number of likely N-dealkylation sites (N-methyl/N-ethyl adjacent to an activating group) is 1. The molecule has 18 heavy (non-hydrogen) atoms. The van der Waals surface area contributed by atoms with Gasteiger partial charge in [0.2, 0.25) is 0 Å². The highest BCUT2D eigenvalue weighted by atomic mass is 79.9. The van der Waals surface area contributed by atoms with Crippen LogP contribution in [0.2, 0.25) is 0 Å². The van der Waals surface area contributed by atoms with Crippen LogP contribution >= 0.6 is 15.9 Å². The Kier molecular flexibility index (Phi) is 6.17. The molecule has 0 bridgehead atoms. The van der Waals surface area contributed by atoms with Crippen molar-refractivity contribution in [2.45, 2.75) is 19.4 Å². The molecule has 0 aromatic carbocycles. The average Bonchev–Trinajstić information content (AvgIpc) is 2.32. The third kappa shape index (κ3) is 4.32. The smallest absolute Gasteiger partial charge is 0.291 e. The summed E-state index contributed by atoms with van der Waals surface area (Å²) in [4.78, 5) is 14.7. The molecule has 0 aliphatic rings. The van der Waals surface area contributed by atoms with E-state index in [1.807, 2.05) is 6.92 Å². The quantitative estimate of drug-likeness (QED) is 0.614. The van der Waals surface area contributed by atoms with Crippen LogP contribution in [-0.2, 0) is 11.2 Å². The number of pyridine rings is 1. The van der Waals surface area contributed by atoms with Crippen LogP contribution in [0.1, 0.15) is 12.6 Å². The van der Waals surface area contributed by atoms with Gasteiger partial charge in [-0.2, -0.15) is 0 Å². The van der Waals surface area contributed by atoms with E-state index < -0.39 is 4.92 Å². The van der Waals surface area contributed by atoms with Gasteiger partial charge >= 0.3 is 0 Å². The topological polar surface area (TPSA) is 77.3 Å². The first kappa shape index (κ1) is 15.0. The van der Waals surface area contributed by atoms with Crippen LogP contribution < -0.4 is 5.32 Å². The molecule has 6 nitrogen and oxygen atoms in total. The van der Waals surface area contributed by atoms with Gasteiger partial charge in [0.1, 0.15) is 5.69 Å². The van der Waals surface area contributed by atoms with E-state index in [4.69, 9.17) is 4.74 Å². The highest BCUT2D eigenvalue weighted by molar-refractivity contribution is 9.10. The number of halogens is 1. The van der Waals surface area contributed by atoms with Gasteiger partial charge in [0, 0.05) is 36.3 Å². The Hall–Kier alpha value is -1.05. The van der Waals surface area contributed by atoms with Crippen molar-refractivity contribution in [1.29, 1.82) is 0 Å². The van der Waals surface area contributed by atoms with Gasteiger partial charge in [-0.25, -0.2) is 0 Å². The summed E-state index contributed by atoms with van der Waals surface area (Å²) in [5.74, 6) is 0. The number of nitrogens with one attached hydrogen (secondary N) is 1. The van der Waals surface area contributed by atoms with Gasteiger partial charge in [-0.3, -0.25) is 15.1 Å². The van der Waals surface area contributed by atoms with Crippen molar-refractivity contribution >= 4 is 21.6 Å². The first-order valence-corrected chi connectivity index (χ1v) is 6.38. The minimum atomic E-state index is -0.414. The average molecular weight is 318 g/mol. The Balaban J connectivity index is 2.90. The number of hydrogen-bond acceptors (Lipinski definition) is 5. The minimum absolute atomic E-state index is 0.0207. The van der Waals surface area contributed by atoms with Crippen LogP contribution in [0.5, 0.6) is 0 Å². The van der Waals surface area contributed by atoms with Crippen molar-refractivity contribution in [3.8, 4) is 0 Å². The van der Waals surface area contributed by atoms with Gasteiger partial charge in [0.05, 0.1) is 11.5 Å². The van der Waals surface area contributed by atoms with Crippen molar-refractivity contribution in [3.05, 3.63) is 32.5 Å². The molecule has 7 heteroatoms. The second-order valence-electron chi connectivity index (χ2n) is 3.79. The van der Waals surface area contributed by atoms with Crippen LogP contribution in [0, 0.1) is 10.1 Å². The Bertz CT molecular complexity index is 409. The largest absolute Gasteiger partial charge is 0.383 e. The van der Waals surface area contributed by atoms with Gasteiger partial charge in [0.25, 0.3) is 5.69 Å². The predicted molar refractivity (Wildman–Crippen MR) is 71.6 cm³/mol. The highest BCUT2D eigenvalue weighted by Crippen LogP contribution is 2.22. The number of hydrogen-bond donors (Lipinski definition) is 1. The molecule has 0 aliphatic heterocycles. The van der Waals surface area contributed by atoms with E-state index in [1.165, 1.54) is 6.07 Å². The zero-order valence-electron chi connectivity index (χ0n) is 10.4. The lowest BCUT2D eigenvalue weighted by Crippen LogP contribution is -2.35. The molecule has 0 aliphatic carbocycles. The predicted octanol–water partition coefficient (Wildman–Crippen LogP) is 1.92. The molecule has 1 aromatic heterocycles. The molecule has 0 radical (unpaired) electrons. The third-order valence-electron chi connectivity index (χ3n) is 2.41. The van der Waals surface area contributed by atoms with Crippen molar-refractivity contribution in [1.82, 2.24) is 10.3 Å². The highest BCUT2D eigenvalue weighted by Gasteiger charge is 2.19. The fourth-order valence-electron chi connectivity index (χ4n) is 1.69. The fourth-order valence-corrected chi connectivity index (χ4v) is 2.00. The number of aromatic nitrogens is 1. The second-order valence-corrected chi connectivity index (χ2v) is 4.71. The van der Waals surface area contributed by atoms with E-state index >= 15 is 0 Å². The van der Waals surface area contributed by atoms with Crippen LogP contribution in [0.15, 0.2) is 16.7 Å². The normalized spacial score (nSPS) is 12.4. The molecule has 1 rings (SSSR count). The Morgan fingerprint density at radius 1 is 1.67 bits per heavy atom. The van der Waals surface area contributed by atoms with E-state index in [-0.39, 0.29) is 11.7 Å². The Morgan fingerprint density at radius 2 is 2.39 bits per heavy atom. The number of methoxy groups -OCH3 is 1. The summed E-state index contributed by atoms with van der Waals surface area (Å²) in [5, 5.41) is 14.2. The van der Waals surface area contributed by atoms with Gasteiger partial charge in [-0.15, -0.1) is 0 Å². The van der Waals surface area contributed by atoms with E-state index in [0.29, 0.717) is 23.2 Å². The zero-order valence-corrected chi connectivity index (χ0v) is 11.9. The van der Waals surface area contributed by atoms with E-state index in [9.17, 15) is 10.1 Å². The Labute approximate surface area is 114 Å². The molecule has 1 aromatic rings. The van der Waals surface area contributed by atoms with Gasteiger partial charge in [-0.05, 0) is 22.5 Å². The fraction of sp³-hybridized carbons (Fsp3) is 0.545. The molecule has 0 amide bonds. The molecule has 1 unspecified atom stereocenters. The molecule has 0 spiro atoms. The summed E-state index contributed by atoms with van der Waals surface area (Å²) in [5.41, 5.74) is 0.495. The first-order chi connectivity index (χ1) is 8.58. The van der Waals surface area contributed by atoms with Crippen molar-refractivity contribution in [3.63, 3.8) is 0 Å². The zero-order chi connectivity index (χ0) is 13.5. The van der Waals surface area contributed by atoms with Crippen molar-refractivity contribution in [2.75, 3.05) is 20.3 Å². The van der Waals surface area contributed by atoms with Crippen LogP contribution in [0.4, 0.5) is 5.69 Å². The number of rotatable bonds is 7. The maximum atomic E-state index is 11.0. The standard InChI is InChI=1S/C11H16BrN3O3/c1-3-13-9(7-18-2)5-10-11(15(16)17)4-8(12)6-14-10/h4,6,9,13H,3,5,7H2,1-2H3. The lowest BCUT2D eigenvalue weighted by Gasteiger charge is -2.16. The third-order valence-corrected chi connectivity index (χ3v) is 2.84. The van der Waals surface area contributed by atoms with Gasteiger partial charge < -0.3 is 10.1 Å². The van der Waals surface area contributed by atoms with Gasteiger partial charge in [-0.1, -0.05) is 6.92 Å². The minimum Gasteiger partial charge on any atom is -0.383 e. The molecule has 0 saturated carbocycles. The number of nitro groups is 1. The summed E-state index contributed by atoms with van der Waals surface area (Å²) in [6, 6.07) is 1.49. The summed E-state index contributed by atoms with van der Waals surface area (Å²) in [6.07, 6.45) is 2.03. The maximum Gasteiger partial charge on any atom is 0.291 e. The summed E-state index contributed by atoms with van der Waals surface area (Å²) in [6.45, 7) is 3.24. The first-order valence-electron chi connectivity index (χ1n) is 5.59. The van der Waals surface area contributed by atoms with Crippen molar-refractivity contribution < 1.29 is 9.66 Å². The molecule has 1 N–H and O–H groups in total. The second kappa shape index (κ2) is 7.40. The monoisotopic (exact) mass is 317 g/mol. The number of nitrogens with zero attached hydrogens (tertiary/aromatic N) is 2. The van der Waals surface area contributed by atoms with Crippen LogP contribution in [-0.4, -0.2) is 36.2 Å². The molecular formula is C11H16BrN3O3. The number of ether oxygens (including phenoxy) is 1. The maximum absolute atomic E-state index is 11.0. The van der Waals surface area contributed by atoms with E-state index in [2.05, 4.69) is 26.2 Å². The van der Waals surface area contributed by atoms with Gasteiger partial charge in [0.15, 0.2) is 0 Å². The summed E-state index contributed by atoms with van der Waals surface area (Å²) < 4.78 is 5.68. The van der Waals surface area contributed by atoms with Crippen LogP contribution in [0.25, 0.3) is 0 Å². The summed E-state index contributed by atoms with van der Waals surface area (Å²) >= 11 is 3.19. The SMILES string of the molecule is CCNC(COC)Cc1ncc(Br)cc1[N+](=O)[O-].